The van der Waals surface area contributed by atoms with Crippen molar-refractivity contribution in [2.45, 2.75) is 43.9 Å². The number of piperidine rings is 1. The lowest BCUT2D eigenvalue weighted by molar-refractivity contribution is 0.130. The van der Waals surface area contributed by atoms with Crippen molar-refractivity contribution in [1.82, 2.24) is 25.3 Å². The van der Waals surface area contributed by atoms with Gasteiger partial charge in [0.1, 0.15) is 11.9 Å². The summed E-state index contributed by atoms with van der Waals surface area (Å²) in [4.78, 5) is 0. The van der Waals surface area contributed by atoms with Crippen LogP contribution in [0.5, 0.6) is 11.6 Å². The van der Waals surface area contributed by atoms with Crippen molar-refractivity contribution in [3.63, 3.8) is 0 Å². The number of rotatable bonds is 4. The number of hydrogen-bond donors (Lipinski definition) is 2. The van der Waals surface area contributed by atoms with Crippen LogP contribution in [0.15, 0.2) is 42.7 Å². The maximum Gasteiger partial charge on any atom is 0.233 e. The molecular formula is C21H23N5O2. The smallest absolute Gasteiger partial charge is 0.233 e. The first-order valence-corrected chi connectivity index (χ1v) is 9.73. The van der Waals surface area contributed by atoms with Gasteiger partial charge in [0, 0.05) is 42.5 Å². The third kappa shape index (κ3) is 3.33. The molecule has 0 spiro atoms. The number of benzene rings is 1. The largest absolute Gasteiger partial charge is 0.507 e. The number of fused-ring (bicyclic) bond motifs is 2. The van der Waals surface area contributed by atoms with Gasteiger partial charge in [-0.1, -0.05) is 6.07 Å². The summed E-state index contributed by atoms with van der Waals surface area (Å²) in [6.45, 7) is 0. The number of aromatic nitrogens is 4. The standard InChI is InChI=1S/C21H23N5O2/c1-26-12-14(11-22-26)13-2-5-18(20(27)8-13)19-6-7-21(25-24-19)28-17-9-15-3-4-16(10-17)23-15/h2,5-8,11-12,15-17,23,27H,3-4,9-10H2,1H3/t15-,16?,17?/m1/s1. The lowest BCUT2D eigenvalue weighted by atomic mass is 10.0. The molecule has 2 aromatic heterocycles. The van der Waals surface area contributed by atoms with Gasteiger partial charge >= 0.3 is 0 Å². The van der Waals surface area contributed by atoms with Crippen LogP contribution in [0.1, 0.15) is 25.7 Å². The van der Waals surface area contributed by atoms with E-state index >= 15 is 0 Å². The van der Waals surface area contributed by atoms with Crippen LogP contribution < -0.4 is 10.1 Å². The minimum Gasteiger partial charge on any atom is -0.507 e. The van der Waals surface area contributed by atoms with E-state index in [9.17, 15) is 5.11 Å². The molecule has 0 amide bonds. The molecular weight excluding hydrogens is 354 g/mol. The topological polar surface area (TPSA) is 85.1 Å². The molecule has 2 aliphatic heterocycles. The Morgan fingerprint density at radius 1 is 1.07 bits per heavy atom. The third-order valence-corrected chi connectivity index (χ3v) is 5.67. The maximum atomic E-state index is 10.5. The highest BCUT2D eigenvalue weighted by Crippen LogP contribution is 2.33. The van der Waals surface area contributed by atoms with E-state index < -0.39 is 0 Å². The van der Waals surface area contributed by atoms with Crippen LogP contribution in [0.2, 0.25) is 0 Å². The van der Waals surface area contributed by atoms with Gasteiger partial charge in [-0.3, -0.25) is 4.68 Å². The Labute approximate surface area is 163 Å². The van der Waals surface area contributed by atoms with Gasteiger partial charge in [0.15, 0.2) is 0 Å². The van der Waals surface area contributed by atoms with Crippen molar-refractivity contribution in [2.75, 3.05) is 0 Å². The first kappa shape index (κ1) is 17.2. The minimum absolute atomic E-state index is 0.166. The lowest BCUT2D eigenvalue weighted by Gasteiger charge is -2.28. The molecule has 144 valence electrons. The highest BCUT2D eigenvalue weighted by molar-refractivity contribution is 5.73. The van der Waals surface area contributed by atoms with Gasteiger partial charge in [0.2, 0.25) is 5.88 Å². The average molecular weight is 377 g/mol. The molecule has 3 atom stereocenters. The van der Waals surface area contributed by atoms with Gasteiger partial charge in [-0.25, -0.2) is 0 Å². The molecule has 2 N–H and O–H groups in total. The van der Waals surface area contributed by atoms with Gasteiger partial charge in [0.25, 0.3) is 0 Å². The van der Waals surface area contributed by atoms with Crippen LogP contribution in [0.4, 0.5) is 0 Å². The number of ether oxygens (including phenoxy) is 1. The third-order valence-electron chi connectivity index (χ3n) is 5.67. The van der Waals surface area contributed by atoms with Crippen LogP contribution in [-0.4, -0.2) is 43.3 Å². The Bertz CT molecular complexity index is 973. The zero-order chi connectivity index (χ0) is 19.1. The van der Waals surface area contributed by atoms with E-state index in [-0.39, 0.29) is 11.9 Å². The van der Waals surface area contributed by atoms with E-state index in [2.05, 4.69) is 20.6 Å². The Morgan fingerprint density at radius 3 is 2.54 bits per heavy atom. The molecule has 28 heavy (non-hydrogen) atoms. The summed E-state index contributed by atoms with van der Waals surface area (Å²) in [5.74, 6) is 0.709. The zero-order valence-corrected chi connectivity index (χ0v) is 15.7. The molecule has 2 saturated heterocycles. The Hall–Kier alpha value is -2.93. The number of aryl methyl sites for hydroxylation is 1. The van der Waals surface area contributed by atoms with Gasteiger partial charge in [-0.15, -0.1) is 10.2 Å². The van der Waals surface area contributed by atoms with E-state index in [4.69, 9.17) is 4.74 Å². The quantitative estimate of drug-likeness (QED) is 0.727. The fraction of sp³-hybridized carbons (Fsp3) is 0.381. The van der Waals surface area contributed by atoms with E-state index in [0.717, 1.165) is 24.0 Å². The average Bonchev–Trinajstić information content (AvgIpc) is 3.27. The second-order valence-corrected chi connectivity index (χ2v) is 7.74. The molecule has 2 unspecified atom stereocenters. The predicted molar refractivity (Wildman–Crippen MR) is 105 cm³/mol. The molecule has 5 rings (SSSR count). The molecule has 2 fully saturated rings. The van der Waals surface area contributed by atoms with Crippen molar-refractivity contribution in [1.29, 1.82) is 0 Å². The Morgan fingerprint density at radius 2 is 1.89 bits per heavy atom. The summed E-state index contributed by atoms with van der Waals surface area (Å²) in [5.41, 5.74) is 3.12. The molecule has 0 saturated carbocycles. The van der Waals surface area contributed by atoms with Crippen LogP contribution in [0, 0.1) is 0 Å². The van der Waals surface area contributed by atoms with Crippen LogP contribution in [0.3, 0.4) is 0 Å². The van der Waals surface area contributed by atoms with Crippen molar-refractivity contribution in [3.8, 4) is 34.0 Å². The number of phenols is 1. The molecule has 4 heterocycles. The summed E-state index contributed by atoms with van der Waals surface area (Å²) >= 11 is 0. The van der Waals surface area contributed by atoms with E-state index in [0.29, 0.717) is 29.2 Å². The number of phenolic OH excluding ortho intramolecular Hbond substituents is 1. The Kier molecular flexibility index (Phi) is 4.24. The number of hydrogen-bond acceptors (Lipinski definition) is 6. The van der Waals surface area contributed by atoms with Crippen LogP contribution in [0.25, 0.3) is 22.4 Å². The summed E-state index contributed by atoms with van der Waals surface area (Å²) in [6, 6.07) is 10.4. The number of nitrogens with one attached hydrogen (secondary N) is 1. The van der Waals surface area contributed by atoms with Crippen molar-refractivity contribution in [2.24, 2.45) is 7.05 Å². The molecule has 0 aliphatic carbocycles. The van der Waals surface area contributed by atoms with Gasteiger partial charge in [-0.2, -0.15) is 5.10 Å². The van der Waals surface area contributed by atoms with Crippen molar-refractivity contribution < 1.29 is 9.84 Å². The summed E-state index contributed by atoms with van der Waals surface area (Å²) < 4.78 is 7.79. The van der Waals surface area contributed by atoms with Crippen LogP contribution >= 0.6 is 0 Å². The second kappa shape index (κ2) is 6.91. The van der Waals surface area contributed by atoms with Gasteiger partial charge in [0.05, 0.1) is 11.9 Å². The van der Waals surface area contributed by atoms with Gasteiger partial charge in [-0.05, 0) is 49.4 Å². The molecule has 1 aromatic carbocycles. The minimum atomic E-state index is 0.166. The molecule has 0 radical (unpaired) electrons. The van der Waals surface area contributed by atoms with E-state index in [1.165, 1.54) is 12.8 Å². The fourth-order valence-corrected chi connectivity index (χ4v) is 4.30. The van der Waals surface area contributed by atoms with Crippen molar-refractivity contribution >= 4 is 0 Å². The molecule has 7 nitrogen and oxygen atoms in total. The normalized spacial score (nSPS) is 23.7. The van der Waals surface area contributed by atoms with Crippen LogP contribution in [-0.2, 0) is 7.05 Å². The first-order valence-electron chi connectivity index (χ1n) is 9.73. The summed E-state index contributed by atoms with van der Waals surface area (Å²) in [5, 5.41) is 26.8. The second-order valence-electron chi connectivity index (χ2n) is 7.74. The first-order chi connectivity index (χ1) is 13.6. The Balaban J connectivity index is 1.31. The predicted octanol–water partition coefficient (Wildman–Crippen LogP) is 2.91. The lowest BCUT2D eigenvalue weighted by Crippen LogP contribution is -2.42. The molecule has 7 heteroatoms. The van der Waals surface area contributed by atoms with E-state index in [1.54, 1.807) is 16.9 Å². The summed E-state index contributed by atoms with van der Waals surface area (Å²) in [6.07, 6.45) is 8.41. The monoisotopic (exact) mass is 377 g/mol. The fourth-order valence-electron chi connectivity index (χ4n) is 4.30. The summed E-state index contributed by atoms with van der Waals surface area (Å²) in [7, 11) is 1.87. The molecule has 2 bridgehead atoms. The van der Waals surface area contributed by atoms with E-state index in [1.807, 2.05) is 37.5 Å². The molecule has 3 aromatic rings. The maximum absolute atomic E-state index is 10.5. The van der Waals surface area contributed by atoms with Gasteiger partial charge < -0.3 is 15.2 Å². The number of nitrogens with zero attached hydrogens (tertiary/aromatic N) is 4. The zero-order valence-electron chi connectivity index (χ0n) is 15.7. The highest BCUT2D eigenvalue weighted by Gasteiger charge is 2.34. The SMILES string of the molecule is Cn1cc(-c2ccc(-c3ccc(OC4CC5CC[C@H](C4)N5)nn3)c(O)c2)cn1. The number of aromatic hydroxyl groups is 1. The highest BCUT2D eigenvalue weighted by atomic mass is 16.5. The van der Waals surface area contributed by atoms with Crippen molar-refractivity contribution in [3.05, 3.63) is 42.7 Å². The molecule has 2 aliphatic rings.